The predicted molar refractivity (Wildman–Crippen MR) is 149 cm³/mol. The normalized spacial score (nSPS) is 17.3. The minimum absolute atomic E-state index is 0.0451. The largest absolute Gasteiger partial charge is 0.382 e. The first-order valence-corrected chi connectivity index (χ1v) is 13.3. The number of ether oxygens (including phenoxy) is 1. The van der Waals surface area contributed by atoms with Crippen LogP contribution in [0.25, 0.3) is 16.8 Å². The van der Waals surface area contributed by atoms with Crippen molar-refractivity contribution in [2.24, 2.45) is 0 Å². The van der Waals surface area contributed by atoms with E-state index in [0.29, 0.717) is 54.6 Å². The number of nitrogens with one attached hydrogen (secondary N) is 1. The molecule has 0 aliphatic carbocycles. The number of benzene rings is 1. The smallest absolute Gasteiger partial charge is 0.256 e. The molecule has 4 aromatic rings. The van der Waals surface area contributed by atoms with Crippen molar-refractivity contribution in [1.29, 1.82) is 0 Å². The Labute approximate surface area is 227 Å². The molecule has 202 valence electrons. The van der Waals surface area contributed by atoms with Gasteiger partial charge in [0.15, 0.2) is 0 Å². The van der Waals surface area contributed by atoms with Crippen LogP contribution in [0.2, 0.25) is 0 Å². The monoisotopic (exact) mass is 527 g/mol. The number of piperidine rings is 1. The molecule has 39 heavy (non-hydrogen) atoms. The van der Waals surface area contributed by atoms with Gasteiger partial charge < -0.3 is 20.7 Å². The molecule has 1 aliphatic heterocycles. The molecule has 3 aromatic heterocycles. The zero-order valence-electron chi connectivity index (χ0n) is 22.2. The minimum atomic E-state index is -0.248. The fraction of sp³-hybridized carbons (Fsp3) is 0.345. The first-order chi connectivity index (χ1) is 19.0. The molecule has 1 aromatic carbocycles. The number of nitrogens with two attached hydrogens (primary N) is 1. The van der Waals surface area contributed by atoms with Gasteiger partial charge in [-0.25, -0.2) is 15.0 Å². The van der Waals surface area contributed by atoms with Gasteiger partial charge in [-0.1, -0.05) is 18.2 Å². The number of nitrogen functional groups attached to an aromatic ring is 1. The Morgan fingerprint density at radius 1 is 1.10 bits per heavy atom. The Morgan fingerprint density at radius 3 is 2.67 bits per heavy atom. The van der Waals surface area contributed by atoms with Gasteiger partial charge in [-0.2, -0.15) is 0 Å². The number of carbonyl (C=O) groups is 2. The number of pyridine rings is 1. The molecule has 0 radical (unpaired) electrons. The van der Waals surface area contributed by atoms with Gasteiger partial charge in [-0.15, -0.1) is 0 Å². The second kappa shape index (κ2) is 11.6. The van der Waals surface area contributed by atoms with Crippen LogP contribution in [-0.2, 0) is 9.53 Å². The quantitative estimate of drug-likeness (QED) is 0.330. The maximum atomic E-state index is 13.0. The molecule has 2 unspecified atom stereocenters. The number of hydrogen-bond donors (Lipinski definition) is 2. The molecule has 1 fully saturated rings. The minimum Gasteiger partial charge on any atom is -0.382 e. The lowest BCUT2D eigenvalue weighted by Gasteiger charge is -2.37. The summed E-state index contributed by atoms with van der Waals surface area (Å²) >= 11 is 0. The van der Waals surface area contributed by atoms with Gasteiger partial charge in [0.25, 0.3) is 5.91 Å². The molecular formula is C29H33N7O3. The fourth-order valence-corrected chi connectivity index (χ4v) is 5.09. The molecule has 4 heterocycles. The summed E-state index contributed by atoms with van der Waals surface area (Å²) in [5, 5.41) is 2.80. The van der Waals surface area contributed by atoms with E-state index in [4.69, 9.17) is 15.5 Å². The summed E-state index contributed by atoms with van der Waals surface area (Å²) in [6.07, 6.45) is 7.32. The van der Waals surface area contributed by atoms with Gasteiger partial charge >= 0.3 is 0 Å². The number of hydrogen-bond acceptors (Lipinski definition) is 7. The van der Waals surface area contributed by atoms with E-state index < -0.39 is 0 Å². The molecular weight excluding hydrogens is 494 g/mol. The van der Waals surface area contributed by atoms with Gasteiger partial charge in [0.05, 0.1) is 13.0 Å². The molecule has 0 bridgehead atoms. The van der Waals surface area contributed by atoms with Gasteiger partial charge in [0, 0.05) is 54.8 Å². The van der Waals surface area contributed by atoms with Crippen molar-refractivity contribution in [3.8, 4) is 11.3 Å². The highest BCUT2D eigenvalue weighted by molar-refractivity contribution is 6.04. The van der Waals surface area contributed by atoms with Crippen LogP contribution in [-0.4, -0.2) is 61.9 Å². The molecule has 2 amide bonds. The van der Waals surface area contributed by atoms with Gasteiger partial charge in [-0.05, 0) is 51.0 Å². The van der Waals surface area contributed by atoms with Crippen molar-refractivity contribution >= 4 is 29.0 Å². The number of imidazole rings is 1. The molecule has 3 N–H and O–H groups in total. The Hall–Kier alpha value is -4.31. The molecule has 1 saturated heterocycles. The lowest BCUT2D eigenvalue weighted by molar-refractivity contribution is -0.136. The van der Waals surface area contributed by atoms with Crippen molar-refractivity contribution in [3.63, 3.8) is 0 Å². The lowest BCUT2D eigenvalue weighted by Crippen LogP contribution is -2.45. The Kier molecular flexibility index (Phi) is 7.83. The molecule has 5 rings (SSSR count). The number of fused-ring (bicyclic) bond motifs is 1. The Bertz CT molecular complexity index is 1450. The third-order valence-corrected chi connectivity index (χ3v) is 7.17. The molecule has 2 atom stereocenters. The van der Waals surface area contributed by atoms with Crippen molar-refractivity contribution in [1.82, 2.24) is 24.3 Å². The van der Waals surface area contributed by atoms with E-state index in [1.165, 1.54) is 0 Å². The zero-order chi connectivity index (χ0) is 27.4. The SMILES string of the molecule is CCOCCC(=O)N1CC(c2nc(-c3ccc(C(=O)Nc4ccccn4)cc3)c3c(N)nccn23)CCC1C. The van der Waals surface area contributed by atoms with E-state index in [1.54, 1.807) is 36.7 Å². The summed E-state index contributed by atoms with van der Waals surface area (Å²) in [6.45, 7) is 5.63. The third kappa shape index (κ3) is 5.61. The summed E-state index contributed by atoms with van der Waals surface area (Å²) in [7, 11) is 0. The molecule has 10 nitrogen and oxygen atoms in total. The number of aromatic nitrogens is 4. The summed E-state index contributed by atoms with van der Waals surface area (Å²) in [4.78, 5) is 41.1. The zero-order valence-corrected chi connectivity index (χ0v) is 22.2. The number of amides is 2. The second-order valence-corrected chi connectivity index (χ2v) is 9.71. The van der Waals surface area contributed by atoms with E-state index in [0.717, 1.165) is 24.2 Å². The van der Waals surface area contributed by atoms with Crippen molar-refractivity contribution in [3.05, 3.63) is 72.4 Å². The highest BCUT2D eigenvalue weighted by Crippen LogP contribution is 2.35. The average molecular weight is 528 g/mol. The molecule has 0 spiro atoms. The average Bonchev–Trinajstić information content (AvgIpc) is 3.35. The van der Waals surface area contributed by atoms with E-state index in [-0.39, 0.29) is 23.8 Å². The van der Waals surface area contributed by atoms with Crippen molar-refractivity contribution in [2.75, 3.05) is 30.8 Å². The van der Waals surface area contributed by atoms with Crippen LogP contribution in [0, 0.1) is 0 Å². The van der Waals surface area contributed by atoms with E-state index in [2.05, 4.69) is 22.2 Å². The topological polar surface area (TPSA) is 128 Å². The molecule has 0 saturated carbocycles. The number of anilines is 2. The van der Waals surface area contributed by atoms with Crippen molar-refractivity contribution < 1.29 is 14.3 Å². The summed E-state index contributed by atoms with van der Waals surface area (Å²) in [5.74, 6) is 1.61. The van der Waals surface area contributed by atoms with E-state index >= 15 is 0 Å². The fourth-order valence-electron chi connectivity index (χ4n) is 5.09. The van der Waals surface area contributed by atoms with Crippen LogP contribution in [0.4, 0.5) is 11.6 Å². The maximum absolute atomic E-state index is 13.0. The highest BCUT2D eigenvalue weighted by Gasteiger charge is 2.32. The Balaban J connectivity index is 1.42. The Morgan fingerprint density at radius 2 is 1.92 bits per heavy atom. The summed E-state index contributed by atoms with van der Waals surface area (Å²) in [5.41, 5.74) is 9.08. The van der Waals surface area contributed by atoms with Gasteiger partial charge in [0.2, 0.25) is 5.91 Å². The van der Waals surface area contributed by atoms with E-state index in [1.807, 2.05) is 40.6 Å². The second-order valence-electron chi connectivity index (χ2n) is 9.71. The van der Waals surface area contributed by atoms with Crippen molar-refractivity contribution in [2.45, 2.75) is 45.1 Å². The highest BCUT2D eigenvalue weighted by atomic mass is 16.5. The van der Waals surface area contributed by atoms with E-state index in [9.17, 15) is 9.59 Å². The number of rotatable bonds is 8. The van der Waals surface area contributed by atoms with Crippen LogP contribution in [0.3, 0.4) is 0 Å². The lowest BCUT2D eigenvalue weighted by atomic mass is 9.92. The van der Waals surface area contributed by atoms with Crippen LogP contribution >= 0.6 is 0 Å². The molecule has 1 aliphatic rings. The van der Waals surface area contributed by atoms with Gasteiger partial charge in [-0.3, -0.25) is 14.0 Å². The third-order valence-electron chi connectivity index (χ3n) is 7.17. The summed E-state index contributed by atoms with van der Waals surface area (Å²) < 4.78 is 7.39. The van der Waals surface area contributed by atoms with Crippen LogP contribution < -0.4 is 11.1 Å². The molecule has 10 heteroatoms. The number of carbonyl (C=O) groups excluding carboxylic acids is 2. The maximum Gasteiger partial charge on any atom is 0.256 e. The first kappa shape index (κ1) is 26.3. The summed E-state index contributed by atoms with van der Waals surface area (Å²) in [6, 6.07) is 12.7. The predicted octanol–water partition coefficient (Wildman–Crippen LogP) is 4.15. The first-order valence-electron chi connectivity index (χ1n) is 13.3. The number of nitrogens with zero attached hydrogens (tertiary/aromatic N) is 5. The van der Waals surface area contributed by atoms with Crippen LogP contribution in [0.5, 0.6) is 0 Å². The standard InChI is InChI=1S/C29H33N7O3/c1-3-39-17-13-24(37)36-18-22(8-7-19(36)2)28-34-25(26-27(30)32-15-16-35(26)28)20-9-11-21(12-10-20)29(38)33-23-6-4-5-14-31-23/h4-6,9-12,14-16,19,22H,3,7-8,13,17-18H2,1-2H3,(H2,30,32)(H,31,33,38). The van der Waals surface area contributed by atoms with Gasteiger partial charge in [0.1, 0.15) is 28.7 Å². The van der Waals surface area contributed by atoms with Crippen LogP contribution in [0.1, 0.15) is 55.2 Å². The number of likely N-dealkylation sites (tertiary alicyclic amines) is 1. The van der Waals surface area contributed by atoms with Crippen LogP contribution in [0.15, 0.2) is 61.1 Å².